The SMILES string of the molecule is CCOC(=O)C(=O)c1cc(-c2ccccc2)cs1. The molecule has 3 nitrogen and oxygen atoms in total. The summed E-state index contributed by atoms with van der Waals surface area (Å²) in [6.07, 6.45) is 0. The zero-order valence-corrected chi connectivity index (χ0v) is 10.7. The van der Waals surface area contributed by atoms with E-state index in [0.717, 1.165) is 11.1 Å². The quantitative estimate of drug-likeness (QED) is 0.482. The van der Waals surface area contributed by atoms with Crippen LogP contribution in [-0.4, -0.2) is 18.4 Å². The molecule has 0 amide bonds. The minimum atomic E-state index is -0.793. The predicted molar refractivity (Wildman–Crippen MR) is 70.7 cm³/mol. The molecule has 1 aromatic carbocycles. The van der Waals surface area contributed by atoms with Crippen LogP contribution in [0.4, 0.5) is 0 Å². The molecule has 18 heavy (non-hydrogen) atoms. The molecule has 0 aliphatic carbocycles. The van der Waals surface area contributed by atoms with Crippen molar-refractivity contribution in [3.8, 4) is 11.1 Å². The number of thiophene rings is 1. The average Bonchev–Trinajstić information content (AvgIpc) is 2.89. The number of esters is 1. The summed E-state index contributed by atoms with van der Waals surface area (Å²) in [5.41, 5.74) is 1.96. The van der Waals surface area contributed by atoms with E-state index in [-0.39, 0.29) is 6.61 Å². The largest absolute Gasteiger partial charge is 0.460 e. The Morgan fingerprint density at radius 2 is 1.89 bits per heavy atom. The van der Waals surface area contributed by atoms with Crippen molar-refractivity contribution in [2.24, 2.45) is 0 Å². The van der Waals surface area contributed by atoms with Crippen LogP contribution in [0.25, 0.3) is 11.1 Å². The number of hydrogen-bond acceptors (Lipinski definition) is 4. The first kappa shape index (κ1) is 12.5. The van der Waals surface area contributed by atoms with E-state index in [1.165, 1.54) is 11.3 Å². The Kier molecular flexibility index (Phi) is 3.89. The van der Waals surface area contributed by atoms with Gasteiger partial charge in [-0.25, -0.2) is 4.79 Å². The van der Waals surface area contributed by atoms with E-state index in [2.05, 4.69) is 0 Å². The van der Waals surface area contributed by atoms with Crippen LogP contribution < -0.4 is 0 Å². The molecule has 1 heterocycles. The van der Waals surface area contributed by atoms with Gasteiger partial charge in [0.25, 0.3) is 5.78 Å². The van der Waals surface area contributed by atoms with Gasteiger partial charge in [-0.05, 0) is 29.5 Å². The van der Waals surface area contributed by atoms with Crippen molar-refractivity contribution in [1.82, 2.24) is 0 Å². The molecule has 0 fully saturated rings. The first-order valence-corrected chi connectivity index (χ1v) is 6.45. The molecule has 0 bridgehead atoms. The van der Waals surface area contributed by atoms with Crippen molar-refractivity contribution in [2.75, 3.05) is 6.61 Å². The van der Waals surface area contributed by atoms with Gasteiger partial charge in [0.05, 0.1) is 11.5 Å². The maximum atomic E-state index is 11.7. The second kappa shape index (κ2) is 5.60. The summed E-state index contributed by atoms with van der Waals surface area (Å²) < 4.78 is 4.69. The number of ether oxygens (including phenoxy) is 1. The molecular formula is C14H12O3S. The van der Waals surface area contributed by atoms with Crippen molar-refractivity contribution in [2.45, 2.75) is 6.92 Å². The van der Waals surface area contributed by atoms with Crippen molar-refractivity contribution in [1.29, 1.82) is 0 Å². The lowest BCUT2D eigenvalue weighted by Crippen LogP contribution is -2.16. The maximum absolute atomic E-state index is 11.7. The molecule has 92 valence electrons. The van der Waals surface area contributed by atoms with Crippen molar-refractivity contribution in [3.63, 3.8) is 0 Å². The summed E-state index contributed by atoms with van der Waals surface area (Å²) in [7, 11) is 0. The van der Waals surface area contributed by atoms with Crippen LogP contribution in [0.2, 0.25) is 0 Å². The van der Waals surface area contributed by atoms with Crippen LogP contribution in [0, 0.1) is 0 Å². The van der Waals surface area contributed by atoms with Gasteiger partial charge in [-0.2, -0.15) is 0 Å². The molecule has 0 spiro atoms. The van der Waals surface area contributed by atoms with E-state index < -0.39 is 11.8 Å². The van der Waals surface area contributed by atoms with Crippen molar-refractivity contribution >= 4 is 23.1 Å². The molecule has 0 radical (unpaired) electrons. The third-order valence-electron chi connectivity index (χ3n) is 2.39. The smallest absolute Gasteiger partial charge is 0.380 e. The monoisotopic (exact) mass is 260 g/mol. The molecule has 2 rings (SSSR count). The van der Waals surface area contributed by atoms with E-state index in [9.17, 15) is 9.59 Å². The highest BCUT2D eigenvalue weighted by molar-refractivity contribution is 7.13. The number of carbonyl (C=O) groups is 2. The summed E-state index contributed by atoms with van der Waals surface area (Å²) in [4.78, 5) is 23.4. The molecule has 0 saturated carbocycles. The molecule has 1 aromatic heterocycles. The number of benzene rings is 1. The maximum Gasteiger partial charge on any atom is 0.380 e. The summed E-state index contributed by atoms with van der Waals surface area (Å²) in [6, 6.07) is 11.4. The highest BCUT2D eigenvalue weighted by Gasteiger charge is 2.19. The number of carbonyl (C=O) groups excluding carboxylic acids is 2. The second-order valence-electron chi connectivity index (χ2n) is 3.62. The van der Waals surface area contributed by atoms with Gasteiger partial charge in [-0.15, -0.1) is 11.3 Å². The second-order valence-corrected chi connectivity index (χ2v) is 4.53. The number of Topliss-reactive ketones (excluding diaryl/α,β-unsaturated/α-hetero) is 1. The minimum absolute atomic E-state index is 0.210. The van der Waals surface area contributed by atoms with Gasteiger partial charge >= 0.3 is 5.97 Å². The first-order valence-electron chi connectivity index (χ1n) is 5.57. The molecule has 2 aromatic rings. The van der Waals surface area contributed by atoms with E-state index in [1.807, 2.05) is 35.7 Å². The van der Waals surface area contributed by atoms with Gasteiger partial charge in [0, 0.05) is 0 Å². The Labute approximate surface area is 109 Å². The Morgan fingerprint density at radius 1 is 1.17 bits per heavy atom. The van der Waals surface area contributed by atoms with Gasteiger partial charge in [-0.1, -0.05) is 30.3 Å². The van der Waals surface area contributed by atoms with Gasteiger partial charge in [0.15, 0.2) is 0 Å². The van der Waals surface area contributed by atoms with Crippen LogP contribution in [0.5, 0.6) is 0 Å². The fourth-order valence-corrected chi connectivity index (χ4v) is 2.38. The van der Waals surface area contributed by atoms with E-state index in [0.29, 0.717) is 4.88 Å². The Balaban J connectivity index is 2.21. The lowest BCUT2D eigenvalue weighted by Gasteiger charge is -1.97. The molecular weight excluding hydrogens is 248 g/mol. The molecule has 0 saturated heterocycles. The van der Waals surface area contributed by atoms with Crippen LogP contribution >= 0.6 is 11.3 Å². The fraction of sp³-hybridized carbons (Fsp3) is 0.143. The summed E-state index contributed by atoms with van der Waals surface area (Å²) >= 11 is 1.26. The topological polar surface area (TPSA) is 43.4 Å². The van der Waals surface area contributed by atoms with Crippen LogP contribution in [0.1, 0.15) is 16.6 Å². The lowest BCUT2D eigenvalue weighted by atomic mass is 10.1. The van der Waals surface area contributed by atoms with Crippen LogP contribution in [-0.2, 0) is 9.53 Å². The lowest BCUT2D eigenvalue weighted by molar-refractivity contribution is -0.137. The van der Waals surface area contributed by atoms with Crippen molar-refractivity contribution in [3.05, 3.63) is 46.7 Å². The Bertz CT molecular complexity index is 557. The number of ketones is 1. The molecule has 4 heteroatoms. The zero-order valence-electron chi connectivity index (χ0n) is 9.88. The molecule has 0 aliphatic heterocycles. The molecule has 0 unspecified atom stereocenters. The summed E-state index contributed by atoms with van der Waals surface area (Å²) in [6.45, 7) is 1.89. The van der Waals surface area contributed by atoms with E-state index >= 15 is 0 Å². The summed E-state index contributed by atoms with van der Waals surface area (Å²) in [5, 5.41) is 1.86. The highest BCUT2D eigenvalue weighted by Crippen LogP contribution is 2.25. The third-order valence-corrected chi connectivity index (χ3v) is 3.32. The Hall–Kier alpha value is -1.94. The van der Waals surface area contributed by atoms with Crippen LogP contribution in [0.3, 0.4) is 0 Å². The number of hydrogen-bond donors (Lipinski definition) is 0. The zero-order chi connectivity index (χ0) is 13.0. The molecule has 0 aliphatic rings. The van der Waals surface area contributed by atoms with Gasteiger partial charge in [0.1, 0.15) is 0 Å². The molecule has 0 N–H and O–H groups in total. The first-order chi connectivity index (χ1) is 8.72. The average molecular weight is 260 g/mol. The minimum Gasteiger partial charge on any atom is -0.460 e. The van der Waals surface area contributed by atoms with E-state index in [4.69, 9.17) is 4.74 Å². The normalized spacial score (nSPS) is 10.1. The van der Waals surface area contributed by atoms with Crippen molar-refractivity contribution < 1.29 is 14.3 Å². The standard InChI is InChI=1S/C14H12O3S/c1-2-17-14(16)13(15)12-8-11(9-18-12)10-6-4-3-5-7-10/h3-9H,2H2,1H3. The number of rotatable bonds is 4. The van der Waals surface area contributed by atoms with E-state index in [1.54, 1.807) is 13.0 Å². The van der Waals surface area contributed by atoms with Gasteiger partial charge in [0.2, 0.25) is 0 Å². The fourth-order valence-electron chi connectivity index (χ4n) is 1.53. The molecule has 0 atom stereocenters. The van der Waals surface area contributed by atoms with Crippen LogP contribution in [0.15, 0.2) is 41.8 Å². The Morgan fingerprint density at radius 3 is 2.56 bits per heavy atom. The van der Waals surface area contributed by atoms with Gasteiger partial charge < -0.3 is 4.74 Å². The van der Waals surface area contributed by atoms with Gasteiger partial charge in [-0.3, -0.25) is 4.79 Å². The highest BCUT2D eigenvalue weighted by atomic mass is 32.1. The third kappa shape index (κ3) is 2.65. The predicted octanol–water partition coefficient (Wildman–Crippen LogP) is 3.16. The summed E-state index contributed by atoms with van der Waals surface area (Å²) in [5.74, 6) is -1.37.